The Morgan fingerprint density at radius 3 is 2.81 bits per heavy atom. The maximum atomic E-state index is 11.8. The van der Waals surface area contributed by atoms with Crippen molar-refractivity contribution in [1.82, 2.24) is 19.9 Å². The molecule has 6 nitrogen and oxygen atoms in total. The summed E-state index contributed by atoms with van der Waals surface area (Å²) in [6.07, 6.45) is 4.18. The van der Waals surface area contributed by atoms with Crippen LogP contribution in [0, 0.1) is 0 Å². The Bertz CT molecular complexity index is 633. The summed E-state index contributed by atoms with van der Waals surface area (Å²) in [6, 6.07) is 0.397. The van der Waals surface area contributed by atoms with E-state index >= 15 is 0 Å². The number of hydrogen-bond donors (Lipinski definition) is 1. The quantitative estimate of drug-likeness (QED) is 0.935. The van der Waals surface area contributed by atoms with E-state index in [1.54, 1.807) is 4.52 Å². The van der Waals surface area contributed by atoms with E-state index in [0.717, 1.165) is 28.6 Å². The van der Waals surface area contributed by atoms with Crippen LogP contribution in [0.3, 0.4) is 0 Å². The van der Waals surface area contributed by atoms with Gasteiger partial charge in [-0.1, -0.05) is 32.1 Å². The zero-order valence-electron chi connectivity index (χ0n) is 12.9. The molecule has 0 bridgehead atoms. The van der Waals surface area contributed by atoms with Crippen LogP contribution < -0.4 is 10.2 Å². The number of nitrogens with zero attached hydrogens (tertiary/aromatic N) is 4. The molecule has 1 fully saturated rings. The Labute approximate surface area is 128 Å². The first-order valence-electron chi connectivity index (χ1n) is 7.20. The van der Waals surface area contributed by atoms with Crippen molar-refractivity contribution in [2.45, 2.75) is 45.1 Å². The van der Waals surface area contributed by atoms with Crippen LogP contribution >= 0.6 is 11.3 Å². The topological polar surface area (TPSA) is 62.5 Å². The largest absolute Gasteiger partial charge is 0.352 e. The van der Waals surface area contributed by atoms with Crippen LogP contribution in [0.15, 0.2) is 6.20 Å². The summed E-state index contributed by atoms with van der Waals surface area (Å²) in [5.41, 5.74) is 1.05. The number of likely N-dealkylation sites (N-methyl/N-ethyl adjacent to an activating group) is 1. The molecule has 1 aliphatic rings. The monoisotopic (exact) mass is 307 g/mol. The van der Waals surface area contributed by atoms with Gasteiger partial charge in [-0.15, -0.1) is 5.10 Å². The van der Waals surface area contributed by atoms with Crippen molar-refractivity contribution in [2.24, 2.45) is 0 Å². The molecule has 2 aromatic heterocycles. The Morgan fingerprint density at radius 1 is 1.52 bits per heavy atom. The van der Waals surface area contributed by atoms with E-state index in [0.29, 0.717) is 12.6 Å². The third-order valence-corrected chi connectivity index (χ3v) is 4.49. The summed E-state index contributed by atoms with van der Waals surface area (Å²) in [7, 11) is 1.88. The Hall–Kier alpha value is -1.63. The molecule has 0 radical (unpaired) electrons. The molecule has 0 spiro atoms. The number of anilines is 1. The lowest BCUT2D eigenvalue weighted by Gasteiger charge is -2.15. The van der Waals surface area contributed by atoms with Gasteiger partial charge in [0.15, 0.2) is 0 Å². The number of amides is 1. The number of fused-ring (bicyclic) bond motifs is 1. The SMILES string of the molecule is CN(CC(=O)NC1CC1)c1nn2cc(C(C)(C)C)nc2s1. The molecule has 3 rings (SSSR count). The molecule has 2 heterocycles. The average molecular weight is 307 g/mol. The van der Waals surface area contributed by atoms with Crippen molar-refractivity contribution in [3.63, 3.8) is 0 Å². The fraction of sp³-hybridized carbons (Fsp3) is 0.643. The van der Waals surface area contributed by atoms with Crippen molar-refractivity contribution < 1.29 is 4.79 Å². The van der Waals surface area contributed by atoms with Gasteiger partial charge in [-0.3, -0.25) is 4.79 Å². The first kappa shape index (κ1) is 14.3. The van der Waals surface area contributed by atoms with Crippen molar-refractivity contribution in [3.05, 3.63) is 11.9 Å². The average Bonchev–Trinajstić information content (AvgIpc) is 2.92. The van der Waals surface area contributed by atoms with Crippen LogP contribution in [0.2, 0.25) is 0 Å². The van der Waals surface area contributed by atoms with Gasteiger partial charge in [0.2, 0.25) is 16.0 Å². The van der Waals surface area contributed by atoms with E-state index in [4.69, 9.17) is 0 Å². The Kier molecular flexibility index (Phi) is 3.39. The number of imidazole rings is 1. The predicted octanol–water partition coefficient (Wildman–Crippen LogP) is 1.80. The molecule has 1 N–H and O–H groups in total. The van der Waals surface area contributed by atoms with Gasteiger partial charge in [0.1, 0.15) is 0 Å². The van der Waals surface area contributed by atoms with Crippen LogP contribution in [0.25, 0.3) is 4.96 Å². The molecule has 21 heavy (non-hydrogen) atoms. The number of carbonyl (C=O) groups excluding carboxylic acids is 1. The molecule has 0 saturated heterocycles. The van der Waals surface area contributed by atoms with Gasteiger partial charge in [-0.25, -0.2) is 9.50 Å². The summed E-state index contributed by atoms with van der Waals surface area (Å²) >= 11 is 1.51. The summed E-state index contributed by atoms with van der Waals surface area (Å²) in [4.78, 5) is 19.2. The van der Waals surface area contributed by atoms with Crippen molar-refractivity contribution in [2.75, 3.05) is 18.5 Å². The fourth-order valence-electron chi connectivity index (χ4n) is 1.99. The van der Waals surface area contributed by atoms with Crippen molar-refractivity contribution in [3.8, 4) is 0 Å². The lowest BCUT2D eigenvalue weighted by Crippen LogP contribution is -2.36. The molecular weight excluding hydrogens is 286 g/mol. The minimum absolute atomic E-state index is 0.0175. The van der Waals surface area contributed by atoms with Crippen LogP contribution in [0.5, 0.6) is 0 Å². The van der Waals surface area contributed by atoms with E-state index in [2.05, 4.69) is 36.2 Å². The lowest BCUT2D eigenvalue weighted by atomic mass is 9.93. The number of aromatic nitrogens is 3. The van der Waals surface area contributed by atoms with Crippen LogP contribution in [0.4, 0.5) is 5.13 Å². The summed E-state index contributed by atoms with van der Waals surface area (Å²) in [5, 5.41) is 8.31. The number of rotatable bonds is 4. The molecule has 7 heteroatoms. The van der Waals surface area contributed by atoms with Gasteiger partial charge >= 0.3 is 0 Å². The molecule has 2 aromatic rings. The molecule has 0 aromatic carbocycles. The molecule has 1 aliphatic carbocycles. The first-order valence-corrected chi connectivity index (χ1v) is 8.02. The molecule has 1 amide bonds. The van der Waals surface area contributed by atoms with E-state index < -0.39 is 0 Å². The highest BCUT2D eigenvalue weighted by Gasteiger charge is 2.24. The smallest absolute Gasteiger partial charge is 0.239 e. The number of nitrogens with one attached hydrogen (secondary N) is 1. The van der Waals surface area contributed by atoms with Gasteiger partial charge in [0, 0.05) is 18.5 Å². The lowest BCUT2D eigenvalue weighted by molar-refractivity contribution is -0.119. The van der Waals surface area contributed by atoms with E-state index in [-0.39, 0.29) is 11.3 Å². The Balaban J connectivity index is 1.71. The second-order valence-corrected chi connectivity index (χ2v) is 7.62. The molecule has 1 saturated carbocycles. The zero-order chi connectivity index (χ0) is 15.2. The predicted molar refractivity (Wildman–Crippen MR) is 84.0 cm³/mol. The van der Waals surface area contributed by atoms with Crippen molar-refractivity contribution >= 4 is 27.3 Å². The van der Waals surface area contributed by atoms with E-state index in [1.807, 2.05) is 18.1 Å². The normalized spacial score (nSPS) is 15.4. The van der Waals surface area contributed by atoms with Gasteiger partial charge in [0.25, 0.3) is 0 Å². The standard InChI is InChI=1S/C14H21N5OS/c1-14(2,3)10-7-19-12(16-10)21-13(17-19)18(4)8-11(20)15-9-5-6-9/h7,9H,5-6,8H2,1-4H3,(H,15,20). The number of hydrogen-bond acceptors (Lipinski definition) is 5. The highest BCUT2D eigenvalue weighted by Crippen LogP contribution is 2.27. The van der Waals surface area contributed by atoms with Crippen LogP contribution in [-0.4, -0.2) is 40.1 Å². The van der Waals surface area contributed by atoms with Gasteiger partial charge in [0.05, 0.1) is 18.4 Å². The summed E-state index contributed by atoms with van der Waals surface area (Å²) in [6.45, 7) is 6.73. The molecule has 0 atom stereocenters. The molecule has 0 aliphatic heterocycles. The van der Waals surface area contributed by atoms with Crippen LogP contribution in [-0.2, 0) is 10.2 Å². The van der Waals surface area contributed by atoms with Gasteiger partial charge in [-0.05, 0) is 12.8 Å². The van der Waals surface area contributed by atoms with Crippen molar-refractivity contribution in [1.29, 1.82) is 0 Å². The zero-order valence-corrected chi connectivity index (χ0v) is 13.7. The van der Waals surface area contributed by atoms with Gasteiger partial charge < -0.3 is 10.2 Å². The summed E-state index contributed by atoms with van der Waals surface area (Å²) in [5.74, 6) is 0.0585. The minimum atomic E-state index is 0.0175. The molecular formula is C14H21N5OS. The summed E-state index contributed by atoms with van der Waals surface area (Å²) < 4.78 is 1.80. The van der Waals surface area contributed by atoms with E-state index in [1.165, 1.54) is 11.3 Å². The molecule has 114 valence electrons. The highest BCUT2D eigenvalue weighted by atomic mass is 32.1. The van der Waals surface area contributed by atoms with Gasteiger partial charge in [-0.2, -0.15) is 0 Å². The second-order valence-electron chi connectivity index (χ2n) is 6.69. The Morgan fingerprint density at radius 2 is 2.24 bits per heavy atom. The molecule has 0 unspecified atom stereocenters. The minimum Gasteiger partial charge on any atom is -0.352 e. The number of carbonyl (C=O) groups is 1. The van der Waals surface area contributed by atoms with E-state index in [9.17, 15) is 4.79 Å². The third-order valence-electron chi connectivity index (χ3n) is 3.45. The van der Waals surface area contributed by atoms with Crippen LogP contribution in [0.1, 0.15) is 39.3 Å². The maximum absolute atomic E-state index is 11.8. The third kappa shape index (κ3) is 3.18. The second kappa shape index (κ2) is 4.98. The first-order chi connectivity index (χ1) is 9.83. The maximum Gasteiger partial charge on any atom is 0.239 e. The fourth-order valence-corrected chi connectivity index (χ4v) is 2.83. The highest BCUT2D eigenvalue weighted by molar-refractivity contribution is 7.20.